The van der Waals surface area contributed by atoms with Crippen molar-refractivity contribution in [3.8, 4) is 0 Å². The van der Waals surface area contributed by atoms with Crippen LogP contribution in [0.15, 0.2) is 29.4 Å². The van der Waals surface area contributed by atoms with E-state index in [1.807, 2.05) is 24.3 Å². The van der Waals surface area contributed by atoms with Crippen LogP contribution in [0.3, 0.4) is 0 Å². The van der Waals surface area contributed by atoms with Crippen molar-refractivity contribution < 1.29 is 18.8 Å². The Morgan fingerprint density at radius 3 is 2.14 bits per heavy atom. The second-order valence-corrected chi connectivity index (χ2v) is 14.4. The van der Waals surface area contributed by atoms with Gasteiger partial charge in [0.25, 0.3) is 0 Å². The third kappa shape index (κ3) is 4.70. The lowest BCUT2D eigenvalue weighted by Gasteiger charge is -2.41. The van der Waals surface area contributed by atoms with Crippen LogP contribution in [0.25, 0.3) is 0 Å². The van der Waals surface area contributed by atoms with Gasteiger partial charge in [0.15, 0.2) is 14.0 Å². The normalized spacial score (nSPS) is 17.7. The number of fused-ring (bicyclic) bond motifs is 1. The Kier molecular flexibility index (Phi) is 5.93. The summed E-state index contributed by atoms with van der Waals surface area (Å²) in [5.74, 6) is -0.851. The Labute approximate surface area is 169 Å². The molecule has 0 aromatic heterocycles. The molecule has 28 heavy (non-hydrogen) atoms. The molecule has 1 amide bonds. The fraction of sp³-hybridized carbons (Fsp3) is 0.571. The van der Waals surface area contributed by atoms with Gasteiger partial charge in [-0.2, -0.15) is 5.10 Å². The van der Waals surface area contributed by atoms with Crippen molar-refractivity contribution in [2.24, 2.45) is 5.10 Å². The minimum Gasteiger partial charge on any atom is -0.455 e. The van der Waals surface area contributed by atoms with Crippen molar-refractivity contribution >= 4 is 31.6 Å². The Bertz CT molecular complexity index is 803. The van der Waals surface area contributed by atoms with Crippen LogP contribution in [0.1, 0.15) is 60.1 Å². The maximum atomic E-state index is 13.0. The van der Waals surface area contributed by atoms with Gasteiger partial charge in [-0.05, 0) is 45.0 Å². The Balaban J connectivity index is 2.60. The Hall–Kier alpha value is -1.99. The molecule has 154 valence electrons. The van der Waals surface area contributed by atoms with Gasteiger partial charge in [-0.3, -0.25) is 4.79 Å². The lowest BCUT2D eigenvalue weighted by molar-refractivity contribution is -0.146. The molecule has 7 heteroatoms. The third-order valence-corrected chi connectivity index (χ3v) is 9.47. The third-order valence-electron chi connectivity index (χ3n) is 5.03. The molecule has 0 saturated heterocycles. The summed E-state index contributed by atoms with van der Waals surface area (Å²) in [6.07, 6.45) is -0.678. The number of benzene rings is 1. The number of hydrogen-bond donors (Lipinski definition) is 0. The predicted octanol–water partition coefficient (Wildman–Crippen LogP) is 4.81. The molecule has 2 rings (SSSR count). The fourth-order valence-electron chi connectivity index (χ4n) is 2.57. The standard InChI is InChI=1S/C21H32N2O4Si/c1-14(24)23-16-13-11-10-12-15(16)18(27-28(8,9)21(5,6)7)17(22-23)19(25)26-20(2,3)4/h10-13,18H,1-9H3. The van der Waals surface area contributed by atoms with Gasteiger partial charge in [-0.1, -0.05) is 39.0 Å². The molecular formula is C21H32N2O4Si. The van der Waals surface area contributed by atoms with Crippen LogP contribution in [0, 0.1) is 0 Å². The molecule has 1 unspecified atom stereocenters. The van der Waals surface area contributed by atoms with Crippen LogP contribution in [0.4, 0.5) is 5.69 Å². The van der Waals surface area contributed by atoms with Gasteiger partial charge in [0, 0.05) is 12.5 Å². The molecule has 0 spiro atoms. The van der Waals surface area contributed by atoms with E-state index >= 15 is 0 Å². The maximum Gasteiger partial charge on any atom is 0.358 e. The molecule has 6 nitrogen and oxygen atoms in total. The lowest BCUT2D eigenvalue weighted by atomic mass is 10.0. The highest BCUT2D eigenvalue weighted by Crippen LogP contribution is 2.43. The maximum absolute atomic E-state index is 13.0. The number of esters is 1. The number of anilines is 1. The first-order chi connectivity index (χ1) is 12.6. The largest absolute Gasteiger partial charge is 0.455 e. The zero-order valence-corrected chi connectivity index (χ0v) is 19.4. The van der Waals surface area contributed by atoms with E-state index in [4.69, 9.17) is 9.16 Å². The highest BCUT2D eigenvalue weighted by atomic mass is 28.4. The molecule has 0 N–H and O–H groups in total. The first-order valence-corrected chi connectivity index (χ1v) is 12.4. The molecule has 0 bridgehead atoms. The number of nitrogens with zero attached hydrogens (tertiary/aromatic N) is 2. The molecule has 0 fully saturated rings. The number of rotatable bonds is 3. The fourth-order valence-corrected chi connectivity index (χ4v) is 3.75. The molecule has 1 aromatic carbocycles. The number of ether oxygens (including phenoxy) is 1. The minimum atomic E-state index is -2.25. The average Bonchev–Trinajstić information content (AvgIpc) is 2.51. The molecule has 1 atom stereocenters. The number of amides is 1. The van der Waals surface area contributed by atoms with Gasteiger partial charge < -0.3 is 9.16 Å². The molecule has 1 heterocycles. The second kappa shape index (κ2) is 7.44. The smallest absolute Gasteiger partial charge is 0.358 e. The molecule has 0 radical (unpaired) electrons. The van der Waals surface area contributed by atoms with Gasteiger partial charge in [-0.15, -0.1) is 0 Å². The van der Waals surface area contributed by atoms with Gasteiger partial charge >= 0.3 is 5.97 Å². The van der Waals surface area contributed by atoms with Crippen molar-refractivity contribution in [2.45, 2.75) is 78.3 Å². The molecule has 0 saturated carbocycles. The Morgan fingerprint density at radius 2 is 1.64 bits per heavy atom. The van der Waals surface area contributed by atoms with E-state index in [9.17, 15) is 9.59 Å². The van der Waals surface area contributed by atoms with Gasteiger partial charge in [0.2, 0.25) is 5.91 Å². The van der Waals surface area contributed by atoms with E-state index < -0.39 is 26.0 Å². The summed E-state index contributed by atoms with van der Waals surface area (Å²) in [7, 11) is -2.25. The van der Waals surface area contributed by atoms with E-state index in [0.717, 1.165) is 5.56 Å². The summed E-state index contributed by atoms with van der Waals surface area (Å²) in [5.41, 5.74) is 0.803. The number of carbonyl (C=O) groups excluding carboxylic acids is 2. The minimum absolute atomic E-state index is 0.0568. The van der Waals surface area contributed by atoms with E-state index in [1.54, 1.807) is 20.8 Å². The van der Waals surface area contributed by atoms with Crippen LogP contribution in [0.5, 0.6) is 0 Å². The molecule has 1 aliphatic heterocycles. The van der Waals surface area contributed by atoms with Crippen molar-refractivity contribution in [1.82, 2.24) is 0 Å². The summed E-state index contributed by atoms with van der Waals surface area (Å²) < 4.78 is 12.2. The zero-order valence-electron chi connectivity index (χ0n) is 18.4. The van der Waals surface area contributed by atoms with E-state index in [2.05, 4.69) is 39.0 Å². The molecule has 1 aromatic rings. The first-order valence-electron chi connectivity index (χ1n) is 9.53. The number of carbonyl (C=O) groups is 2. The molecular weight excluding hydrogens is 372 g/mol. The van der Waals surface area contributed by atoms with Crippen LogP contribution in [-0.2, 0) is 18.8 Å². The highest BCUT2D eigenvalue weighted by Gasteiger charge is 2.45. The van der Waals surface area contributed by atoms with Crippen LogP contribution in [0.2, 0.25) is 18.1 Å². The lowest BCUT2D eigenvalue weighted by Crippen LogP contribution is -2.47. The van der Waals surface area contributed by atoms with Crippen LogP contribution < -0.4 is 5.01 Å². The quantitative estimate of drug-likeness (QED) is 0.535. The predicted molar refractivity (Wildman–Crippen MR) is 114 cm³/mol. The second-order valence-electron chi connectivity index (χ2n) is 9.63. The number of hydrogen-bond acceptors (Lipinski definition) is 5. The van der Waals surface area contributed by atoms with Crippen molar-refractivity contribution in [2.75, 3.05) is 5.01 Å². The average molecular weight is 405 g/mol. The summed E-state index contributed by atoms with van der Waals surface area (Å²) in [6, 6.07) is 7.40. The topological polar surface area (TPSA) is 68.2 Å². The first kappa shape index (κ1) is 22.3. The summed E-state index contributed by atoms with van der Waals surface area (Å²) in [6.45, 7) is 17.5. The van der Waals surface area contributed by atoms with Crippen LogP contribution in [-0.4, -0.2) is 31.5 Å². The van der Waals surface area contributed by atoms with Crippen molar-refractivity contribution in [1.29, 1.82) is 0 Å². The van der Waals surface area contributed by atoms with E-state index in [-0.39, 0.29) is 16.7 Å². The van der Waals surface area contributed by atoms with Crippen LogP contribution >= 0.6 is 0 Å². The van der Waals surface area contributed by atoms with E-state index in [0.29, 0.717) is 5.69 Å². The number of para-hydroxylation sites is 1. The number of hydrazone groups is 1. The highest BCUT2D eigenvalue weighted by molar-refractivity contribution is 6.74. The van der Waals surface area contributed by atoms with Gasteiger partial charge in [0.1, 0.15) is 11.7 Å². The summed E-state index contributed by atoms with van der Waals surface area (Å²) in [5, 5.41) is 5.57. The van der Waals surface area contributed by atoms with Gasteiger partial charge in [0.05, 0.1) is 5.69 Å². The Morgan fingerprint density at radius 1 is 1.07 bits per heavy atom. The summed E-state index contributed by atoms with van der Waals surface area (Å²) >= 11 is 0. The summed E-state index contributed by atoms with van der Waals surface area (Å²) in [4.78, 5) is 25.2. The zero-order chi connectivity index (χ0) is 21.5. The molecule has 1 aliphatic rings. The van der Waals surface area contributed by atoms with Crippen molar-refractivity contribution in [3.63, 3.8) is 0 Å². The SMILES string of the molecule is CC(=O)N1N=C(C(=O)OC(C)(C)C)C(O[Si](C)(C)C(C)(C)C)c2ccccc21. The monoisotopic (exact) mass is 404 g/mol. The van der Waals surface area contributed by atoms with Gasteiger partial charge in [-0.25, -0.2) is 9.80 Å². The molecule has 0 aliphatic carbocycles. The van der Waals surface area contributed by atoms with Crippen molar-refractivity contribution in [3.05, 3.63) is 29.8 Å². The van der Waals surface area contributed by atoms with E-state index in [1.165, 1.54) is 11.9 Å².